The summed E-state index contributed by atoms with van der Waals surface area (Å²) >= 11 is 10.6. The largest absolute Gasteiger partial charge is 0.444 e. The van der Waals surface area contributed by atoms with Crippen LogP contribution in [-0.4, -0.2) is 43.4 Å². The number of alkyl halides is 3. The average Bonchev–Trinajstić information content (AvgIpc) is 2.77. The Balaban J connectivity index is 1.82. The van der Waals surface area contributed by atoms with Gasteiger partial charge in [0.15, 0.2) is 9.84 Å². The molecule has 12 heteroatoms. The fourth-order valence-electron chi connectivity index (χ4n) is 3.84. The van der Waals surface area contributed by atoms with Crippen LogP contribution in [0.4, 0.5) is 23.7 Å². The van der Waals surface area contributed by atoms with Gasteiger partial charge in [-0.2, -0.15) is 17.5 Å². The Morgan fingerprint density at radius 2 is 1.69 bits per heavy atom. The topological polar surface area (TPSA) is 76.0 Å². The van der Waals surface area contributed by atoms with Crippen molar-refractivity contribution in [3.05, 3.63) is 47.0 Å². The molecule has 190 valence electrons. The molecule has 2 aromatic rings. The van der Waals surface area contributed by atoms with Gasteiger partial charge in [0.25, 0.3) is 0 Å². The maximum Gasteiger partial charge on any atom is 0.417 e. The minimum Gasteiger partial charge on any atom is -0.444 e. The van der Waals surface area contributed by atoms with Gasteiger partial charge >= 0.3 is 12.3 Å². The van der Waals surface area contributed by atoms with Crippen LogP contribution in [0.15, 0.2) is 45.7 Å². The van der Waals surface area contributed by atoms with Crippen molar-refractivity contribution >= 4 is 45.6 Å². The van der Waals surface area contributed by atoms with Crippen LogP contribution < -0.4 is 0 Å². The molecule has 0 saturated carbocycles. The third-order valence-corrected chi connectivity index (χ3v) is 8.28. The van der Waals surface area contributed by atoms with Crippen molar-refractivity contribution in [3.63, 3.8) is 0 Å². The third kappa shape index (κ3) is 6.31. The highest BCUT2D eigenvalue weighted by Crippen LogP contribution is 2.43. The molecule has 0 aromatic heterocycles. The molecule has 1 heterocycles. The van der Waals surface area contributed by atoms with Crippen LogP contribution in [0.5, 0.6) is 0 Å². The van der Waals surface area contributed by atoms with Crippen molar-refractivity contribution in [3.8, 4) is 11.1 Å². The van der Waals surface area contributed by atoms with Crippen LogP contribution in [0.25, 0.3) is 11.1 Å². The number of hydrogen-bond donors (Lipinski definition) is 0. The van der Waals surface area contributed by atoms with Crippen molar-refractivity contribution in [1.29, 1.82) is 0 Å². The summed E-state index contributed by atoms with van der Waals surface area (Å²) in [7, 11) is -3.77. The molecule has 1 saturated heterocycles. The molecule has 0 aliphatic carbocycles. The first-order valence-corrected chi connectivity index (χ1v) is 13.0. The lowest BCUT2D eigenvalue weighted by Crippen LogP contribution is -2.44. The summed E-state index contributed by atoms with van der Waals surface area (Å²) in [5.74, 6) is 0. The second-order valence-corrected chi connectivity index (χ2v) is 12.0. The molecule has 3 rings (SSSR count). The lowest BCUT2D eigenvalue weighted by atomic mass is 9.98. The number of sulfone groups is 1. The second kappa shape index (κ2) is 10.0. The Bertz CT molecular complexity index is 1220. The Morgan fingerprint density at radius 3 is 2.17 bits per heavy atom. The van der Waals surface area contributed by atoms with Gasteiger partial charge in [0, 0.05) is 31.1 Å². The van der Waals surface area contributed by atoms with E-state index < -0.39 is 38.5 Å². The average molecular weight is 549 g/mol. The highest BCUT2D eigenvalue weighted by molar-refractivity contribution is 7.92. The highest BCUT2D eigenvalue weighted by atomic mass is 35.5. The zero-order valence-electron chi connectivity index (χ0n) is 19.2. The molecule has 0 spiro atoms. The zero-order chi connectivity index (χ0) is 26.2. The molecule has 1 fully saturated rings. The number of carbonyl (C=O) groups is 1. The third-order valence-electron chi connectivity index (χ3n) is 5.49. The normalized spacial score (nSPS) is 15.7. The molecule has 6 nitrogen and oxygen atoms in total. The number of rotatable bonds is 4. The summed E-state index contributed by atoms with van der Waals surface area (Å²) in [6, 6.07) is 7.16. The molecule has 0 bridgehead atoms. The summed E-state index contributed by atoms with van der Waals surface area (Å²) in [4.78, 5) is 13.7. The first kappa shape index (κ1) is 27.3. The quantitative estimate of drug-likeness (QED) is 0.432. The van der Waals surface area contributed by atoms with E-state index in [1.807, 2.05) is 0 Å². The summed E-state index contributed by atoms with van der Waals surface area (Å²) in [5.41, 5.74) is -1.94. The van der Waals surface area contributed by atoms with Gasteiger partial charge in [0.2, 0.25) is 0 Å². The van der Waals surface area contributed by atoms with Crippen LogP contribution in [-0.2, 0) is 33.2 Å². The highest BCUT2D eigenvalue weighted by Gasteiger charge is 2.36. The molecule has 35 heavy (non-hydrogen) atoms. The van der Waals surface area contributed by atoms with E-state index in [4.69, 9.17) is 16.3 Å². The van der Waals surface area contributed by atoms with Crippen LogP contribution in [0.2, 0.25) is 5.02 Å². The van der Waals surface area contributed by atoms with Gasteiger partial charge < -0.3 is 9.64 Å². The number of ether oxygens (including phenoxy) is 1. The molecule has 0 radical (unpaired) electrons. The van der Waals surface area contributed by atoms with Gasteiger partial charge in [0.05, 0.1) is 26.4 Å². The molecule has 2 aromatic carbocycles. The number of amides is 1. The van der Waals surface area contributed by atoms with E-state index >= 15 is 0 Å². The fraction of sp³-hybridized carbons (Fsp3) is 0.435. The SMILES string of the molecule is CC(C)(C)OC(=O)N1CCC(S(=O)(=O)c2ccc(-c3c(Cl)cc(N=S)cc3C(F)(F)F)cc2)CC1. The van der Waals surface area contributed by atoms with Crippen LogP contribution >= 0.6 is 11.6 Å². The smallest absolute Gasteiger partial charge is 0.417 e. The minimum absolute atomic E-state index is 0.0150. The number of piperidine rings is 1. The lowest BCUT2D eigenvalue weighted by molar-refractivity contribution is -0.137. The predicted octanol–water partition coefficient (Wildman–Crippen LogP) is 6.56. The van der Waals surface area contributed by atoms with Crippen molar-refractivity contribution in [2.24, 2.45) is 4.36 Å². The monoisotopic (exact) mass is 548 g/mol. The van der Waals surface area contributed by atoms with E-state index in [2.05, 4.69) is 16.8 Å². The minimum atomic E-state index is -4.72. The predicted molar refractivity (Wildman–Crippen MR) is 129 cm³/mol. The fourth-order valence-corrected chi connectivity index (χ4v) is 6.00. The van der Waals surface area contributed by atoms with E-state index in [1.165, 1.54) is 35.2 Å². The van der Waals surface area contributed by atoms with Crippen molar-refractivity contribution in [1.82, 2.24) is 4.90 Å². The Morgan fingerprint density at radius 1 is 1.11 bits per heavy atom. The maximum atomic E-state index is 13.7. The van der Waals surface area contributed by atoms with Crippen molar-refractivity contribution < 1.29 is 31.1 Å². The van der Waals surface area contributed by atoms with Gasteiger partial charge in [-0.05, 0) is 63.4 Å². The Labute approximate surface area is 212 Å². The maximum absolute atomic E-state index is 13.7. The standard InChI is InChI=1S/C23H24ClF3N2O4S2/c1-22(2,3)33-21(30)29-10-8-17(9-11-29)35(31,32)16-6-4-14(5-7-16)20-18(23(25,26)27)12-15(28-34)13-19(20)24/h4-7,12-13,17H,8-11H2,1-3H3. The van der Waals surface area contributed by atoms with Crippen LogP contribution in [0.1, 0.15) is 39.2 Å². The van der Waals surface area contributed by atoms with Crippen molar-refractivity contribution in [2.45, 2.75) is 55.5 Å². The zero-order valence-corrected chi connectivity index (χ0v) is 21.6. The Hall–Kier alpha value is -2.24. The number of halogens is 4. The summed E-state index contributed by atoms with van der Waals surface area (Å²) in [5, 5.41) is -0.928. The molecule has 1 amide bonds. The summed E-state index contributed by atoms with van der Waals surface area (Å²) < 4.78 is 76.0. The number of hydrogen-bond acceptors (Lipinski definition) is 6. The molecule has 0 atom stereocenters. The number of benzene rings is 2. The van der Waals surface area contributed by atoms with Gasteiger partial charge in [0.1, 0.15) is 5.60 Å². The molecule has 1 aliphatic rings. The van der Waals surface area contributed by atoms with Gasteiger partial charge in [-0.1, -0.05) is 23.7 Å². The summed E-state index contributed by atoms with van der Waals surface area (Å²) in [6.07, 6.45) is -4.77. The Kier molecular flexibility index (Phi) is 7.83. The van der Waals surface area contributed by atoms with Gasteiger partial charge in [-0.15, -0.1) is 0 Å². The van der Waals surface area contributed by atoms with E-state index in [0.29, 0.717) is 0 Å². The van der Waals surface area contributed by atoms with E-state index in [9.17, 15) is 26.4 Å². The van der Waals surface area contributed by atoms with E-state index in [0.717, 1.165) is 6.07 Å². The van der Waals surface area contributed by atoms with Crippen LogP contribution in [0, 0.1) is 0 Å². The van der Waals surface area contributed by atoms with E-state index in [1.54, 1.807) is 20.8 Å². The molecule has 0 N–H and O–H groups in total. The summed E-state index contributed by atoms with van der Waals surface area (Å²) in [6.45, 7) is 5.70. The van der Waals surface area contributed by atoms with Gasteiger partial charge in [-0.25, -0.2) is 13.2 Å². The van der Waals surface area contributed by atoms with Gasteiger partial charge in [-0.3, -0.25) is 0 Å². The molecule has 1 aliphatic heterocycles. The number of likely N-dealkylation sites (tertiary alicyclic amines) is 1. The second-order valence-electron chi connectivity index (χ2n) is 9.18. The first-order chi connectivity index (χ1) is 16.1. The number of carbonyl (C=O) groups excluding carboxylic acids is 1. The molecular weight excluding hydrogens is 525 g/mol. The molecule has 0 unspecified atom stereocenters. The number of nitrogens with zero attached hydrogens (tertiary/aromatic N) is 2. The first-order valence-electron chi connectivity index (χ1n) is 10.7. The van der Waals surface area contributed by atoms with E-state index in [-0.39, 0.29) is 52.7 Å². The molecular formula is C23H24ClF3N2O4S2. The van der Waals surface area contributed by atoms with Crippen molar-refractivity contribution in [2.75, 3.05) is 13.1 Å². The lowest BCUT2D eigenvalue weighted by Gasteiger charge is -2.33. The van der Waals surface area contributed by atoms with Crippen LogP contribution in [0.3, 0.4) is 0 Å².